The Kier molecular flexibility index (Phi) is 1.77. The highest BCUT2D eigenvalue weighted by Gasteiger charge is 2.08. The van der Waals surface area contributed by atoms with Crippen LogP contribution < -0.4 is 0 Å². The number of nitrogens with zero attached hydrogens (tertiary/aromatic N) is 1. The maximum atomic E-state index is 4.12. The summed E-state index contributed by atoms with van der Waals surface area (Å²) in [5.41, 5.74) is 1.30. The third-order valence-corrected chi connectivity index (χ3v) is 3.68. The van der Waals surface area contributed by atoms with Gasteiger partial charge in [0.25, 0.3) is 0 Å². The normalized spacial score (nSPS) is 20.8. The van der Waals surface area contributed by atoms with Crippen LogP contribution in [-0.4, -0.2) is 17.2 Å². The Morgan fingerprint density at radius 1 is 1.33 bits per heavy atom. The van der Waals surface area contributed by atoms with E-state index in [4.69, 9.17) is 0 Å². The molecular formula is C10H11NS. The standard InChI is InChI=1S/C10H11NS/c1-11-8-7-9-5-3-4-6-10(9)12(11)2/h3-8H,2H2,1H3. The highest BCUT2D eigenvalue weighted by atomic mass is 32.2. The Labute approximate surface area is 75.4 Å². The highest BCUT2D eigenvalue weighted by molar-refractivity contribution is 8.12. The minimum atomic E-state index is -0.0134. The van der Waals surface area contributed by atoms with Gasteiger partial charge < -0.3 is 4.31 Å². The molecule has 0 radical (unpaired) electrons. The van der Waals surface area contributed by atoms with Crippen LogP contribution >= 0.6 is 10.7 Å². The van der Waals surface area contributed by atoms with Crippen molar-refractivity contribution in [1.82, 2.24) is 4.31 Å². The molecule has 0 saturated carbocycles. The second-order valence-corrected chi connectivity index (χ2v) is 4.51. The van der Waals surface area contributed by atoms with Crippen molar-refractivity contribution in [2.75, 3.05) is 7.05 Å². The average Bonchev–Trinajstić information content (AvgIpc) is 2.12. The predicted molar refractivity (Wildman–Crippen MR) is 56.2 cm³/mol. The summed E-state index contributed by atoms with van der Waals surface area (Å²) in [7, 11) is 2.04. The second-order valence-electron chi connectivity index (χ2n) is 2.76. The summed E-state index contributed by atoms with van der Waals surface area (Å²) in [5, 5.41) is 0. The zero-order valence-corrected chi connectivity index (χ0v) is 7.84. The number of rotatable bonds is 0. The van der Waals surface area contributed by atoms with E-state index in [2.05, 4.69) is 53.8 Å². The molecule has 0 aromatic heterocycles. The van der Waals surface area contributed by atoms with Crippen LogP contribution in [0.4, 0.5) is 0 Å². The number of hydrogen-bond donors (Lipinski definition) is 0. The largest absolute Gasteiger partial charge is 0.329 e. The molecule has 1 nitrogen and oxygen atoms in total. The van der Waals surface area contributed by atoms with Gasteiger partial charge in [-0.3, -0.25) is 0 Å². The zero-order chi connectivity index (χ0) is 8.55. The molecule has 1 heterocycles. The highest BCUT2D eigenvalue weighted by Crippen LogP contribution is 2.35. The Balaban J connectivity index is 2.59. The van der Waals surface area contributed by atoms with Gasteiger partial charge in [-0.2, -0.15) is 0 Å². The van der Waals surface area contributed by atoms with Gasteiger partial charge in [0, 0.05) is 18.1 Å². The van der Waals surface area contributed by atoms with Crippen LogP contribution in [0.1, 0.15) is 5.56 Å². The molecule has 1 aromatic rings. The Morgan fingerprint density at radius 2 is 2.08 bits per heavy atom. The topological polar surface area (TPSA) is 3.24 Å². The SMILES string of the molecule is C=S1c2ccccc2C=CN1C. The molecule has 0 saturated heterocycles. The average molecular weight is 177 g/mol. The number of benzene rings is 1. The first-order valence-corrected chi connectivity index (χ1v) is 5.18. The first kappa shape index (κ1) is 7.62. The molecule has 2 heteroatoms. The van der Waals surface area contributed by atoms with E-state index in [1.165, 1.54) is 10.5 Å². The van der Waals surface area contributed by atoms with Crippen molar-refractivity contribution in [3.8, 4) is 0 Å². The molecule has 0 bridgehead atoms. The van der Waals surface area contributed by atoms with Crippen LogP contribution in [0.25, 0.3) is 6.08 Å². The van der Waals surface area contributed by atoms with E-state index in [0.29, 0.717) is 0 Å². The summed E-state index contributed by atoms with van der Waals surface area (Å²) < 4.78 is 2.14. The van der Waals surface area contributed by atoms with Crippen LogP contribution in [0.3, 0.4) is 0 Å². The van der Waals surface area contributed by atoms with E-state index in [-0.39, 0.29) is 10.7 Å². The number of fused-ring (bicyclic) bond motifs is 1. The fraction of sp³-hybridized carbons (Fsp3) is 0.100. The minimum Gasteiger partial charge on any atom is -0.329 e. The molecule has 62 valence electrons. The van der Waals surface area contributed by atoms with Crippen molar-refractivity contribution in [2.24, 2.45) is 0 Å². The molecule has 0 aliphatic carbocycles. The monoisotopic (exact) mass is 177 g/mol. The van der Waals surface area contributed by atoms with Crippen LogP contribution in [0.5, 0.6) is 0 Å². The minimum absolute atomic E-state index is 0.0134. The predicted octanol–water partition coefficient (Wildman–Crippen LogP) is 2.58. The summed E-state index contributed by atoms with van der Waals surface area (Å²) in [5.74, 6) is 4.12. The van der Waals surface area contributed by atoms with Gasteiger partial charge in [0.2, 0.25) is 0 Å². The van der Waals surface area contributed by atoms with Crippen molar-refractivity contribution < 1.29 is 0 Å². The zero-order valence-electron chi connectivity index (χ0n) is 7.03. The molecule has 1 unspecified atom stereocenters. The van der Waals surface area contributed by atoms with Gasteiger partial charge in [0.05, 0.1) is 0 Å². The maximum absolute atomic E-state index is 4.12. The van der Waals surface area contributed by atoms with Gasteiger partial charge >= 0.3 is 0 Å². The van der Waals surface area contributed by atoms with Crippen molar-refractivity contribution in [1.29, 1.82) is 0 Å². The first-order chi connectivity index (χ1) is 5.79. The van der Waals surface area contributed by atoms with Gasteiger partial charge in [-0.15, -0.1) is 0 Å². The van der Waals surface area contributed by atoms with E-state index in [1.807, 2.05) is 0 Å². The fourth-order valence-corrected chi connectivity index (χ4v) is 2.41. The molecule has 12 heavy (non-hydrogen) atoms. The molecule has 1 aliphatic heterocycles. The third-order valence-electron chi connectivity index (χ3n) is 1.98. The molecule has 0 fully saturated rings. The number of hydrogen-bond acceptors (Lipinski definition) is 1. The van der Waals surface area contributed by atoms with Crippen molar-refractivity contribution in [3.63, 3.8) is 0 Å². The maximum Gasteiger partial charge on any atom is 0.0278 e. The van der Waals surface area contributed by atoms with Crippen LogP contribution in [0, 0.1) is 0 Å². The Bertz CT molecular complexity index is 355. The van der Waals surface area contributed by atoms with Crippen molar-refractivity contribution >= 4 is 22.6 Å². The Morgan fingerprint density at radius 3 is 2.92 bits per heavy atom. The van der Waals surface area contributed by atoms with E-state index in [9.17, 15) is 0 Å². The van der Waals surface area contributed by atoms with Gasteiger partial charge in [0.15, 0.2) is 0 Å². The molecule has 1 atom stereocenters. The van der Waals surface area contributed by atoms with Crippen molar-refractivity contribution in [3.05, 3.63) is 36.0 Å². The fourth-order valence-electron chi connectivity index (χ4n) is 1.25. The smallest absolute Gasteiger partial charge is 0.0278 e. The lowest BCUT2D eigenvalue weighted by atomic mass is 10.2. The van der Waals surface area contributed by atoms with Crippen molar-refractivity contribution in [2.45, 2.75) is 4.90 Å². The Hall–Kier alpha value is -1.02. The van der Waals surface area contributed by atoms with Gasteiger partial charge in [-0.05, 0) is 17.7 Å². The molecule has 1 aromatic carbocycles. The molecule has 1 aliphatic rings. The second kappa shape index (κ2) is 2.79. The summed E-state index contributed by atoms with van der Waals surface area (Å²) in [6, 6.07) is 8.40. The molecule has 2 rings (SSSR count). The quantitative estimate of drug-likeness (QED) is 0.550. The summed E-state index contributed by atoms with van der Waals surface area (Å²) in [6.45, 7) is 0. The molecule has 0 N–H and O–H groups in total. The third kappa shape index (κ3) is 1.08. The van der Waals surface area contributed by atoms with Gasteiger partial charge in [-0.25, -0.2) is 0 Å². The summed E-state index contributed by atoms with van der Waals surface area (Å²) in [4.78, 5) is 1.34. The lowest BCUT2D eigenvalue weighted by Crippen LogP contribution is -2.06. The van der Waals surface area contributed by atoms with Crippen LogP contribution in [0.2, 0.25) is 0 Å². The van der Waals surface area contributed by atoms with Gasteiger partial charge in [0.1, 0.15) is 0 Å². The lowest BCUT2D eigenvalue weighted by Gasteiger charge is -2.24. The van der Waals surface area contributed by atoms with Gasteiger partial charge in [-0.1, -0.05) is 34.7 Å². The van der Waals surface area contributed by atoms with Crippen LogP contribution in [-0.2, 0) is 0 Å². The van der Waals surface area contributed by atoms with E-state index in [1.54, 1.807) is 0 Å². The molecular weight excluding hydrogens is 166 g/mol. The lowest BCUT2D eigenvalue weighted by molar-refractivity contribution is 0.771. The van der Waals surface area contributed by atoms with E-state index >= 15 is 0 Å². The van der Waals surface area contributed by atoms with Crippen LogP contribution in [0.15, 0.2) is 35.4 Å². The first-order valence-electron chi connectivity index (χ1n) is 3.83. The van der Waals surface area contributed by atoms with E-state index in [0.717, 1.165) is 0 Å². The summed E-state index contributed by atoms with van der Waals surface area (Å²) >= 11 is 0. The van der Waals surface area contributed by atoms with E-state index < -0.39 is 0 Å². The summed E-state index contributed by atoms with van der Waals surface area (Å²) in [6.07, 6.45) is 4.21. The molecule has 0 amide bonds. The molecule has 0 spiro atoms.